The molecule has 3 rings (SSSR count). The molecule has 2 heteroatoms. The van der Waals surface area contributed by atoms with Gasteiger partial charge in [-0.3, -0.25) is 0 Å². The maximum Gasteiger partial charge on any atom is 0.109 e. The number of hydrogen-bond donors (Lipinski definition) is 0. The van der Waals surface area contributed by atoms with Gasteiger partial charge in [0.05, 0.1) is 0 Å². The van der Waals surface area contributed by atoms with E-state index in [1.807, 2.05) is 11.1 Å². The molecule has 0 unspecified atom stereocenters. The van der Waals surface area contributed by atoms with Crippen LogP contribution in [-0.4, -0.2) is 15.7 Å². The second kappa shape index (κ2) is 2.81. The van der Waals surface area contributed by atoms with Gasteiger partial charge in [-0.1, -0.05) is 11.1 Å². The molecule has 0 spiro atoms. The first-order chi connectivity index (χ1) is 6.71. The minimum atomic E-state index is 0.446. The van der Waals surface area contributed by atoms with E-state index in [-0.39, 0.29) is 0 Å². The van der Waals surface area contributed by atoms with Crippen LogP contribution in [0.25, 0.3) is 0 Å². The van der Waals surface area contributed by atoms with Crippen LogP contribution in [0.4, 0.5) is 0 Å². The van der Waals surface area contributed by atoms with Crippen molar-refractivity contribution in [2.75, 3.05) is 0 Å². The molecule has 0 N–H and O–H groups in total. The molecule has 72 valence electrons. The van der Waals surface area contributed by atoms with Gasteiger partial charge in [-0.05, 0) is 61.3 Å². The van der Waals surface area contributed by atoms with E-state index in [4.69, 9.17) is 0 Å². The number of fused-ring (bicyclic) bond motifs is 1. The fraction of sp³-hybridized carbons (Fsp3) is 0.667. The van der Waals surface area contributed by atoms with E-state index in [9.17, 15) is 0 Å². The quantitative estimate of drug-likeness (QED) is 0.503. The summed E-state index contributed by atoms with van der Waals surface area (Å²) >= 11 is 0. The molecule has 0 nitrogen and oxygen atoms in total. The van der Waals surface area contributed by atoms with Gasteiger partial charge >= 0.3 is 0 Å². The van der Waals surface area contributed by atoms with E-state index in [1.165, 1.54) is 44.9 Å². The zero-order valence-electron chi connectivity index (χ0n) is 9.45. The molecule has 0 aromatic rings. The largest absolute Gasteiger partial charge is 0.109 e. The second-order valence-corrected chi connectivity index (χ2v) is 5.60. The van der Waals surface area contributed by atoms with Gasteiger partial charge in [0.2, 0.25) is 0 Å². The molecule has 0 fully saturated rings. The molecule has 0 atom stereocenters. The van der Waals surface area contributed by atoms with Crippen molar-refractivity contribution in [3.8, 4) is 0 Å². The molecule has 14 heavy (non-hydrogen) atoms. The summed E-state index contributed by atoms with van der Waals surface area (Å²) in [4.78, 5) is 0. The predicted molar refractivity (Wildman–Crippen MR) is 66.2 cm³/mol. The molecule has 3 aliphatic rings. The van der Waals surface area contributed by atoms with Crippen molar-refractivity contribution >= 4 is 15.7 Å². The third kappa shape index (κ3) is 0.975. The van der Waals surface area contributed by atoms with Crippen LogP contribution < -0.4 is 0 Å². The molecular formula is C12H18B2. The molecule has 0 aromatic carbocycles. The van der Waals surface area contributed by atoms with Crippen LogP contribution in [0.2, 0.25) is 5.21 Å². The van der Waals surface area contributed by atoms with E-state index >= 15 is 0 Å². The van der Waals surface area contributed by atoms with Crippen LogP contribution in [0.5, 0.6) is 0 Å². The van der Waals surface area contributed by atoms with Crippen molar-refractivity contribution in [2.45, 2.75) is 50.2 Å². The van der Waals surface area contributed by atoms with Gasteiger partial charge in [0.25, 0.3) is 0 Å². The van der Waals surface area contributed by atoms with E-state index in [0.717, 1.165) is 0 Å². The molecule has 0 bridgehead atoms. The van der Waals surface area contributed by atoms with Gasteiger partial charge in [-0.2, -0.15) is 0 Å². The summed E-state index contributed by atoms with van der Waals surface area (Å²) in [6.07, 6.45) is 9.83. The van der Waals surface area contributed by atoms with Crippen molar-refractivity contribution in [3.63, 3.8) is 0 Å². The smallest absolute Gasteiger partial charge is 0.0723 e. The lowest BCUT2D eigenvalue weighted by Gasteiger charge is -2.29. The Bertz CT molecular complexity index is 347. The van der Waals surface area contributed by atoms with E-state index in [1.54, 1.807) is 11.1 Å². The molecule has 3 aliphatic carbocycles. The standard InChI is InChI=1S/C12H18B2/c13-12(14)10-6-2-1-4-8(10)9-5-3-7-11(9)12/h1-7,13-14H2. The minimum Gasteiger partial charge on any atom is -0.0723 e. The Hall–Kier alpha value is -0.390. The Morgan fingerprint density at radius 3 is 1.93 bits per heavy atom. The van der Waals surface area contributed by atoms with Crippen molar-refractivity contribution in [2.24, 2.45) is 0 Å². The summed E-state index contributed by atoms with van der Waals surface area (Å²) in [6.45, 7) is 0. The van der Waals surface area contributed by atoms with Crippen LogP contribution in [0.1, 0.15) is 44.9 Å². The lowest BCUT2D eigenvalue weighted by atomic mass is 9.47. The molecule has 0 aliphatic heterocycles. The van der Waals surface area contributed by atoms with Crippen molar-refractivity contribution < 1.29 is 0 Å². The van der Waals surface area contributed by atoms with Crippen LogP contribution in [0, 0.1) is 0 Å². The maximum absolute atomic E-state index is 2.46. The predicted octanol–water partition coefficient (Wildman–Crippen LogP) is 1.73. The summed E-state index contributed by atoms with van der Waals surface area (Å²) in [5.41, 5.74) is 7.22. The van der Waals surface area contributed by atoms with Crippen LogP contribution in [-0.2, 0) is 0 Å². The van der Waals surface area contributed by atoms with E-state index < -0.39 is 0 Å². The van der Waals surface area contributed by atoms with Gasteiger partial charge in [0.1, 0.15) is 15.7 Å². The molecular weight excluding hydrogens is 166 g/mol. The summed E-state index contributed by atoms with van der Waals surface area (Å²) in [6, 6.07) is 0. The van der Waals surface area contributed by atoms with Gasteiger partial charge in [-0.25, -0.2) is 0 Å². The van der Waals surface area contributed by atoms with Gasteiger partial charge in [0.15, 0.2) is 0 Å². The fourth-order valence-electron chi connectivity index (χ4n) is 3.88. The Balaban J connectivity index is 2.12. The molecule has 0 radical (unpaired) electrons. The van der Waals surface area contributed by atoms with Gasteiger partial charge in [0, 0.05) is 0 Å². The van der Waals surface area contributed by atoms with Crippen molar-refractivity contribution in [1.29, 1.82) is 0 Å². The normalized spacial score (nSPS) is 29.4. The SMILES string of the molecule is BC1(B)C2=C(CCCC2)C2=C1CCC2. The zero-order chi connectivity index (χ0) is 9.76. The average molecular weight is 184 g/mol. The average Bonchev–Trinajstić information content (AvgIpc) is 2.72. The molecule has 0 aromatic heterocycles. The summed E-state index contributed by atoms with van der Waals surface area (Å²) < 4.78 is 0. The Kier molecular flexibility index (Phi) is 1.78. The highest BCUT2D eigenvalue weighted by Crippen LogP contribution is 2.58. The third-order valence-corrected chi connectivity index (χ3v) is 4.56. The highest BCUT2D eigenvalue weighted by atomic mass is 14.4. The number of allylic oxidation sites excluding steroid dienone is 4. The molecule has 0 heterocycles. The Morgan fingerprint density at radius 1 is 0.714 bits per heavy atom. The summed E-state index contributed by atoms with van der Waals surface area (Å²) in [5.74, 6) is 0. The highest BCUT2D eigenvalue weighted by Gasteiger charge is 2.40. The van der Waals surface area contributed by atoms with Gasteiger partial charge in [-0.15, -0.1) is 0 Å². The van der Waals surface area contributed by atoms with E-state index in [0.29, 0.717) is 5.21 Å². The van der Waals surface area contributed by atoms with Gasteiger partial charge < -0.3 is 0 Å². The lowest BCUT2D eigenvalue weighted by molar-refractivity contribution is 0.656. The molecule has 0 amide bonds. The van der Waals surface area contributed by atoms with Crippen molar-refractivity contribution in [1.82, 2.24) is 0 Å². The lowest BCUT2D eigenvalue weighted by Crippen LogP contribution is -2.17. The topological polar surface area (TPSA) is 0 Å². The maximum atomic E-state index is 2.46. The van der Waals surface area contributed by atoms with Crippen LogP contribution in [0.15, 0.2) is 22.3 Å². The first kappa shape index (κ1) is 8.88. The Labute approximate surface area is 88.7 Å². The van der Waals surface area contributed by atoms with E-state index in [2.05, 4.69) is 15.7 Å². The highest BCUT2D eigenvalue weighted by molar-refractivity contribution is 6.45. The zero-order valence-corrected chi connectivity index (χ0v) is 9.45. The first-order valence-corrected chi connectivity index (χ1v) is 6.16. The second-order valence-electron chi connectivity index (χ2n) is 5.60. The minimum absolute atomic E-state index is 0.446. The van der Waals surface area contributed by atoms with Crippen molar-refractivity contribution in [3.05, 3.63) is 22.3 Å². The molecule has 0 saturated heterocycles. The Morgan fingerprint density at radius 2 is 1.21 bits per heavy atom. The fourth-order valence-corrected chi connectivity index (χ4v) is 3.88. The monoisotopic (exact) mass is 184 g/mol. The number of hydrogen-bond acceptors (Lipinski definition) is 0. The third-order valence-electron chi connectivity index (χ3n) is 4.56. The number of rotatable bonds is 0. The van der Waals surface area contributed by atoms with Crippen LogP contribution in [0.3, 0.4) is 0 Å². The van der Waals surface area contributed by atoms with Crippen LogP contribution >= 0.6 is 0 Å². The summed E-state index contributed by atoms with van der Waals surface area (Å²) in [5, 5.41) is 0.446. The summed E-state index contributed by atoms with van der Waals surface area (Å²) in [7, 11) is 4.92. The molecule has 0 saturated carbocycles. The first-order valence-electron chi connectivity index (χ1n) is 6.16.